The van der Waals surface area contributed by atoms with Crippen LogP contribution >= 0.6 is 39.1 Å². The second kappa shape index (κ2) is 15.4. The number of nitrogens with zero attached hydrogens (tertiary/aromatic N) is 3. The third-order valence-corrected chi connectivity index (χ3v) is 13.8. The van der Waals surface area contributed by atoms with Crippen molar-refractivity contribution in [3.8, 4) is 17.6 Å². The molecule has 2 aliphatic carbocycles. The monoisotopic (exact) mass is 934 g/mol. The van der Waals surface area contributed by atoms with Crippen LogP contribution in [-0.2, 0) is 27.2 Å². The molecule has 4 aliphatic rings. The van der Waals surface area contributed by atoms with Crippen molar-refractivity contribution in [2.75, 3.05) is 6.54 Å². The quantitative estimate of drug-likeness (QED) is 0.104. The minimum absolute atomic E-state index is 0.0667. The van der Waals surface area contributed by atoms with Gasteiger partial charge in [-0.05, 0) is 53.1 Å². The van der Waals surface area contributed by atoms with Crippen molar-refractivity contribution in [2.24, 2.45) is 17.6 Å². The highest BCUT2D eigenvalue weighted by molar-refractivity contribution is 9.10. The van der Waals surface area contributed by atoms with Gasteiger partial charge in [0, 0.05) is 46.8 Å². The summed E-state index contributed by atoms with van der Waals surface area (Å²) in [6.45, 7) is 0.132. The van der Waals surface area contributed by atoms with Gasteiger partial charge in [0.1, 0.15) is 29.0 Å². The van der Waals surface area contributed by atoms with Gasteiger partial charge in [-0.15, -0.1) is 0 Å². The van der Waals surface area contributed by atoms with Crippen molar-refractivity contribution >= 4 is 45.1 Å². The first-order valence-corrected chi connectivity index (χ1v) is 21.1. The van der Waals surface area contributed by atoms with E-state index in [1.165, 1.54) is 18.5 Å². The molecule has 62 heavy (non-hydrogen) atoms. The van der Waals surface area contributed by atoms with Gasteiger partial charge in [0.05, 0.1) is 33.7 Å². The Bertz CT molecular complexity index is 2730. The first-order valence-electron chi connectivity index (χ1n) is 19.6. The van der Waals surface area contributed by atoms with E-state index in [1.54, 1.807) is 78.9 Å². The Morgan fingerprint density at radius 3 is 1.65 bits per heavy atom. The fourth-order valence-electron chi connectivity index (χ4n) is 10.4. The number of rotatable bonds is 6. The van der Waals surface area contributed by atoms with E-state index in [0.717, 1.165) is 10.0 Å². The number of ether oxygens (including phenoxy) is 2. The molecule has 2 saturated carbocycles. The van der Waals surface area contributed by atoms with Crippen LogP contribution in [0, 0.1) is 23.2 Å². The maximum atomic E-state index is 12.4. The lowest BCUT2D eigenvalue weighted by Gasteiger charge is -2.40. The summed E-state index contributed by atoms with van der Waals surface area (Å²) in [6, 6.07) is 37.6. The lowest BCUT2D eigenvalue weighted by molar-refractivity contribution is -0.160. The van der Waals surface area contributed by atoms with Crippen molar-refractivity contribution < 1.29 is 39.8 Å². The van der Waals surface area contributed by atoms with Crippen molar-refractivity contribution in [1.29, 1.82) is 5.26 Å². The number of hydrogen-bond donors (Lipinski definition) is 6. The Hall–Kier alpha value is -5.40. The zero-order valence-electron chi connectivity index (χ0n) is 32.4. The molecule has 4 heterocycles. The van der Waals surface area contributed by atoms with E-state index in [1.807, 2.05) is 36.4 Å². The van der Waals surface area contributed by atoms with Crippen molar-refractivity contribution in [3.05, 3.63) is 187 Å². The number of halogens is 3. The van der Waals surface area contributed by atoms with Gasteiger partial charge in [-0.2, -0.15) is 5.26 Å². The molecule has 2 fully saturated rings. The minimum atomic E-state index is -2.12. The van der Waals surface area contributed by atoms with E-state index in [9.17, 15) is 35.6 Å². The number of nitrogens with two attached hydrogens (primary N) is 1. The van der Waals surface area contributed by atoms with Crippen LogP contribution in [0.5, 0.6) is 11.5 Å². The Balaban J connectivity index is 0.000000158. The van der Waals surface area contributed by atoms with Gasteiger partial charge in [0.25, 0.3) is 0 Å². The Morgan fingerprint density at radius 2 is 1.18 bits per heavy atom. The number of aliphatic hydroxyl groups excluding tert-OH is 2. The fourth-order valence-corrected chi connectivity index (χ4v) is 11.0. The van der Waals surface area contributed by atoms with Crippen LogP contribution in [0.4, 0.5) is 0 Å². The summed E-state index contributed by atoms with van der Waals surface area (Å²) < 4.78 is 13.7. The Morgan fingerprint density at radius 1 is 0.726 bits per heavy atom. The third-order valence-electron chi connectivity index (χ3n) is 12.9. The van der Waals surface area contributed by atoms with Crippen LogP contribution in [0.2, 0.25) is 10.0 Å². The predicted octanol–water partition coefficient (Wildman–Crippen LogP) is 6.65. The molecule has 314 valence electrons. The summed E-state index contributed by atoms with van der Waals surface area (Å²) in [7, 11) is 0. The zero-order chi connectivity index (χ0) is 43.8. The summed E-state index contributed by atoms with van der Waals surface area (Å²) in [5.74, 6) is -3.97. The molecule has 0 radical (unpaired) electrons. The van der Waals surface area contributed by atoms with Crippen LogP contribution in [-0.4, -0.2) is 60.2 Å². The number of hydrogen-bond acceptors (Lipinski definition) is 11. The molecule has 6 aromatic rings. The van der Waals surface area contributed by atoms with Crippen LogP contribution in [0.25, 0.3) is 0 Å². The van der Waals surface area contributed by atoms with Crippen LogP contribution < -0.4 is 15.2 Å². The molecule has 15 heteroatoms. The number of aromatic nitrogens is 2. The number of aliphatic carboxylic acids is 1. The highest BCUT2D eigenvalue weighted by atomic mass is 79.9. The number of carboxylic acids is 1. The number of benzene rings is 4. The first kappa shape index (κ1) is 41.9. The molecule has 2 aliphatic heterocycles. The normalized spacial score (nSPS) is 31.0. The molecule has 7 N–H and O–H groups in total. The average molecular weight is 937 g/mol. The van der Waals surface area contributed by atoms with Gasteiger partial charge in [0.2, 0.25) is 0 Å². The molecule has 0 spiro atoms. The Labute approximate surface area is 373 Å². The van der Waals surface area contributed by atoms with E-state index >= 15 is 0 Å². The summed E-state index contributed by atoms with van der Waals surface area (Å²) in [5.41, 5.74) is 2.48. The molecule has 2 aromatic heterocycles. The zero-order valence-corrected chi connectivity index (χ0v) is 35.5. The van der Waals surface area contributed by atoms with Crippen LogP contribution in [0.1, 0.15) is 51.0 Å². The fraction of sp³-hybridized carbons (Fsp3) is 0.234. The van der Waals surface area contributed by atoms with Gasteiger partial charge in [0.15, 0.2) is 22.4 Å². The lowest BCUT2D eigenvalue weighted by atomic mass is 9.71. The van der Waals surface area contributed by atoms with E-state index < -0.39 is 64.3 Å². The Kier molecular flexibility index (Phi) is 10.4. The highest BCUT2D eigenvalue weighted by Crippen LogP contribution is 2.69. The smallest absolute Gasteiger partial charge is 0.310 e. The highest BCUT2D eigenvalue weighted by Gasteiger charge is 2.79. The molecular weight excluding hydrogens is 899 g/mol. The first-order chi connectivity index (χ1) is 29.8. The molecule has 0 saturated heterocycles. The standard InChI is InChI=1S/C24H20ClN3O3.C23H17BrClNO5/c25-17-10-19-21(28-13-17)23(30)22(29)18(12-27)20(15-4-2-1-3-5-15)24(23,31-19)16-8-6-14(11-26)7-9-16;24-14-8-6-13(7-9-14)23-18(12-4-2-1-3-5-12)17(21(28)29)20(27)22(23,30)19-16(31-23)10-15(25)11-26-19/h1-10,13,18,20,22,29-30H,12,27H2;1-11,17-18,20,27,30H,(H,28,29)/t18-,20-,22-,23+,24+;17-,18-,20-,22+,23+/m11/s1. The SMILES string of the molecule is N#Cc1ccc([C@@]23Oc4cc(Cl)cnc4[C@]2(O)[C@H](O)[C@H](CN)[C@H]3c2ccccc2)cc1.O=C(O)[C@H]1[C@@H](O)[C@@]2(O)c3ncc(Cl)cc3O[C@@]2(c2ccc(Br)cc2)[C@@H]1c1ccccc1. The van der Waals surface area contributed by atoms with E-state index in [0.29, 0.717) is 38.0 Å². The molecular formula is C47H37BrCl2N4O8. The second-order valence-corrected chi connectivity index (χ2v) is 17.6. The third kappa shape index (κ3) is 5.79. The number of nitriles is 1. The minimum Gasteiger partial charge on any atom is -0.481 e. The number of pyridine rings is 2. The molecule has 4 aromatic carbocycles. The van der Waals surface area contributed by atoms with Crippen molar-refractivity contribution in [2.45, 2.75) is 46.4 Å². The summed E-state index contributed by atoms with van der Waals surface area (Å²) >= 11 is 15.7. The molecule has 0 unspecified atom stereocenters. The number of aliphatic hydroxyl groups is 4. The van der Waals surface area contributed by atoms with Gasteiger partial charge in [-0.3, -0.25) is 14.8 Å². The maximum absolute atomic E-state index is 12.4. The lowest BCUT2D eigenvalue weighted by Crippen LogP contribution is -2.52. The van der Waals surface area contributed by atoms with E-state index in [4.69, 9.17) is 38.4 Å². The number of carboxylic acid groups (broad SMARTS) is 1. The topological polar surface area (TPSA) is 212 Å². The molecule has 0 amide bonds. The van der Waals surface area contributed by atoms with Gasteiger partial charge >= 0.3 is 5.97 Å². The molecule has 12 nitrogen and oxygen atoms in total. The summed E-state index contributed by atoms with van der Waals surface area (Å²) in [6.07, 6.45) is -0.157. The van der Waals surface area contributed by atoms with E-state index in [2.05, 4.69) is 32.0 Å². The van der Waals surface area contributed by atoms with Crippen LogP contribution in [0.3, 0.4) is 0 Å². The molecule has 0 bridgehead atoms. The van der Waals surface area contributed by atoms with Gasteiger partial charge in [-0.1, -0.05) is 124 Å². The second-order valence-electron chi connectivity index (χ2n) is 15.8. The van der Waals surface area contributed by atoms with Gasteiger partial charge in [-0.25, -0.2) is 0 Å². The largest absolute Gasteiger partial charge is 0.481 e. The van der Waals surface area contributed by atoms with Gasteiger partial charge < -0.3 is 40.7 Å². The van der Waals surface area contributed by atoms with Crippen molar-refractivity contribution in [1.82, 2.24) is 9.97 Å². The van der Waals surface area contributed by atoms with Crippen LogP contribution in [0.15, 0.2) is 138 Å². The maximum Gasteiger partial charge on any atom is 0.310 e. The number of carbonyl (C=O) groups is 1. The average Bonchev–Trinajstić information content (AvgIpc) is 3.84. The molecule has 10 rings (SSSR count). The van der Waals surface area contributed by atoms with E-state index in [-0.39, 0.29) is 23.7 Å². The summed E-state index contributed by atoms with van der Waals surface area (Å²) in [4.78, 5) is 21.0. The van der Waals surface area contributed by atoms with Crippen molar-refractivity contribution in [3.63, 3.8) is 0 Å². The summed E-state index contributed by atoms with van der Waals surface area (Å²) in [5, 5.41) is 67.1. The predicted molar refractivity (Wildman–Crippen MR) is 230 cm³/mol. The molecule has 10 atom stereocenters. The number of fused-ring (bicyclic) bond motifs is 6.